The van der Waals surface area contributed by atoms with Crippen molar-refractivity contribution in [1.82, 2.24) is 9.80 Å². The number of hydrogen-bond acceptors (Lipinski definition) is 10. The lowest BCUT2D eigenvalue weighted by atomic mass is 10.1. The molecule has 0 bridgehead atoms. The molecule has 1 N–H and O–H groups in total. The van der Waals surface area contributed by atoms with Crippen molar-refractivity contribution < 1.29 is 56.9 Å². The van der Waals surface area contributed by atoms with Crippen LogP contribution in [0.15, 0.2) is 60.2 Å². The van der Waals surface area contributed by atoms with E-state index < -0.39 is 17.2 Å². The SMILES string of the molecule is CC(C)(C)OC(=O)CC/C(=C\F)CBr.CC(C)(C)OC(=O)CC/C(=C\F)COc1ccc2c(c1)C(=O)N(C1CC1)C2=O.O=C1c2ccc(O)cc2C(=O)N1C1CC1. The minimum absolute atomic E-state index is 0.00527. The largest absolute Gasteiger partial charge is 0.508 e. The maximum absolute atomic E-state index is 13.1. The lowest BCUT2D eigenvalue weighted by Gasteiger charge is -2.19. The topological polar surface area (TPSA) is 157 Å². The second kappa shape index (κ2) is 19.0. The minimum atomic E-state index is -0.587. The molecule has 12 nitrogen and oxygen atoms in total. The quantitative estimate of drug-likeness (QED) is 0.125. The molecule has 308 valence electrons. The summed E-state index contributed by atoms with van der Waals surface area (Å²) in [7, 11) is 0. The highest BCUT2D eigenvalue weighted by Crippen LogP contribution is 2.37. The van der Waals surface area contributed by atoms with E-state index in [9.17, 15) is 42.7 Å². The molecule has 2 aliphatic heterocycles. The molecule has 0 spiro atoms. The lowest BCUT2D eigenvalue weighted by Crippen LogP contribution is -2.31. The summed E-state index contributed by atoms with van der Waals surface area (Å²) in [5.41, 5.74) is 1.23. The van der Waals surface area contributed by atoms with Crippen LogP contribution in [0.5, 0.6) is 11.5 Å². The maximum atomic E-state index is 13.1. The summed E-state index contributed by atoms with van der Waals surface area (Å²) < 4.78 is 41.1. The van der Waals surface area contributed by atoms with Gasteiger partial charge in [-0.3, -0.25) is 38.6 Å². The fourth-order valence-electron chi connectivity index (χ4n) is 5.70. The molecule has 15 heteroatoms. The molecule has 0 atom stereocenters. The van der Waals surface area contributed by atoms with Crippen molar-refractivity contribution in [3.05, 3.63) is 82.5 Å². The van der Waals surface area contributed by atoms with Gasteiger partial charge in [0.1, 0.15) is 29.3 Å². The second-order valence-electron chi connectivity index (χ2n) is 16.0. The molecule has 4 aliphatic rings. The third-order valence-corrected chi connectivity index (χ3v) is 9.38. The monoisotopic (exact) mass is 858 g/mol. The number of fused-ring (bicyclic) bond motifs is 2. The Morgan fingerprint density at radius 1 is 0.684 bits per heavy atom. The van der Waals surface area contributed by atoms with E-state index in [-0.39, 0.29) is 73.3 Å². The van der Waals surface area contributed by atoms with Gasteiger partial charge in [-0.2, -0.15) is 0 Å². The van der Waals surface area contributed by atoms with E-state index >= 15 is 0 Å². The molecule has 0 unspecified atom stereocenters. The molecular formula is C42H49BrF2N2O10. The molecule has 6 rings (SSSR count). The molecular weight excluding hydrogens is 810 g/mol. The Bertz CT molecular complexity index is 1940. The maximum Gasteiger partial charge on any atom is 0.306 e. The Labute approximate surface area is 339 Å². The Morgan fingerprint density at radius 3 is 1.53 bits per heavy atom. The lowest BCUT2D eigenvalue weighted by molar-refractivity contribution is -0.155. The van der Waals surface area contributed by atoms with Crippen molar-refractivity contribution in [3.63, 3.8) is 0 Å². The molecule has 2 heterocycles. The van der Waals surface area contributed by atoms with Crippen LogP contribution in [0.25, 0.3) is 0 Å². The summed E-state index contributed by atoms with van der Waals surface area (Å²) in [5.74, 6) is -1.38. The Hall–Kier alpha value is -4.92. The minimum Gasteiger partial charge on any atom is -0.508 e. The number of hydrogen-bond donors (Lipinski definition) is 1. The number of amides is 4. The predicted octanol–water partition coefficient (Wildman–Crippen LogP) is 8.31. The van der Waals surface area contributed by atoms with Gasteiger partial charge in [0, 0.05) is 30.3 Å². The van der Waals surface area contributed by atoms with E-state index in [2.05, 4.69) is 15.9 Å². The summed E-state index contributed by atoms with van der Waals surface area (Å²) in [6, 6.07) is 9.05. The third-order valence-electron chi connectivity index (χ3n) is 8.66. The normalized spacial score (nSPS) is 16.6. The zero-order chi connectivity index (χ0) is 42.2. The first kappa shape index (κ1) is 44.8. The average molecular weight is 860 g/mol. The summed E-state index contributed by atoms with van der Waals surface area (Å²) in [6.45, 7) is 10.7. The number of imide groups is 2. The van der Waals surface area contributed by atoms with Gasteiger partial charge in [0.2, 0.25) is 0 Å². The summed E-state index contributed by atoms with van der Waals surface area (Å²) in [6.07, 6.45) is 5.27. The zero-order valence-electron chi connectivity index (χ0n) is 33.0. The van der Waals surface area contributed by atoms with Crippen LogP contribution in [0.4, 0.5) is 8.78 Å². The first-order valence-electron chi connectivity index (χ1n) is 18.7. The number of phenolic OH excluding ortho intramolecular Hbond substituents is 1. The highest BCUT2D eigenvalue weighted by molar-refractivity contribution is 9.09. The van der Waals surface area contributed by atoms with Gasteiger partial charge in [-0.15, -0.1) is 0 Å². The van der Waals surface area contributed by atoms with Gasteiger partial charge in [0.05, 0.1) is 34.9 Å². The van der Waals surface area contributed by atoms with Crippen molar-refractivity contribution in [1.29, 1.82) is 0 Å². The van der Waals surface area contributed by atoms with Crippen LogP contribution >= 0.6 is 15.9 Å². The number of nitrogens with zero attached hydrogens (tertiary/aromatic N) is 2. The number of carbonyl (C=O) groups excluding carboxylic acids is 6. The number of ether oxygens (including phenoxy) is 3. The molecule has 4 amide bonds. The standard InChI is InChI=1S/C21H24FNO5.C11H9NO3.C10H16BrFO2/c1-21(2,3)28-18(24)9-4-13(11-22)12-27-15-7-8-16-17(10-15)20(26)23(19(16)25)14-5-6-14;13-7-3-4-8-9(5-7)11(15)12(10(8)14)6-1-2-6;1-10(2,3)14-9(13)5-4-8(6-11)7-12/h7-8,10-11,14H,4-6,9,12H2,1-3H3;3-6,13H,1-2H2;7H,4-6H2,1-3H3/b13-11+;;8-7+. The summed E-state index contributed by atoms with van der Waals surface area (Å²) in [5, 5.41) is 9.71. The Kier molecular flexibility index (Phi) is 14.9. The van der Waals surface area contributed by atoms with Crippen molar-refractivity contribution in [3.8, 4) is 11.5 Å². The summed E-state index contributed by atoms with van der Waals surface area (Å²) >= 11 is 3.13. The number of rotatable bonds is 12. The van der Waals surface area contributed by atoms with Gasteiger partial charge in [-0.25, -0.2) is 8.78 Å². The second-order valence-corrected chi connectivity index (χ2v) is 16.6. The Balaban J connectivity index is 0.000000209. The van der Waals surface area contributed by atoms with Gasteiger partial charge in [-0.05, 0) is 128 Å². The molecule has 0 aromatic heterocycles. The molecule has 2 aromatic rings. The number of esters is 2. The average Bonchev–Trinajstić information content (AvgIpc) is 4.08. The van der Waals surface area contributed by atoms with Crippen molar-refractivity contribution >= 4 is 51.5 Å². The van der Waals surface area contributed by atoms with Crippen molar-refractivity contribution in [2.45, 2.75) is 116 Å². The van der Waals surface area contributed by atoms with Crippen LogP contribution in [0.1, 0.15) is 134 Å². The number of aromatic hydroxyl groups is 1. The molecule has 2 aromatic carbocycles. The van der Waals surface area contributed by atoms with Gasteiger partial charge in [0.15, 0.2) is 0 Å². The number of allylic oxidation sites excluding steroid dienone is 1. The van der Waals surface area contributed by atoms with Crippen LogP contribution < -0.4 is 4.74 Å². The van der Waals surface area contributed by atoms with Crippen molar-refractivity contribution in [2.75, 3.05) is 11.9 Å². The van der Waals surface area contributed by atoms with Crippen LogP contribution in [0, 0.1) is 0 Å². The van der Waals surface area contributed by atoms with E-state index in [4.69, 9.17) is 14.2 Å². The van der Waals surface area contributed by atoms with Gasteiger partial charge < -0.3 is 19.3 Å². The van der Waals surface area contributed by atoms with E-state index in [0.29, 0.717) is 63.6 Å². The first-order valence-corrected chi connectivity index (χ1v) is 19.8. The number of carbonyl (C=O) groups is 6. The molecule has 0 saturated heterocycles. The van der Waals surface area contributed by atoms with Crippen LogP contribution in [-0.4, -0.2) is 85.7 Å². The van der Waals surface area contributed by atoms with Crippen LogP contribution in [0.3, 0.4) is 0 Å². The molecule has 57 heavy (non-hydrogen) atoms. The van der Waals surface area contributed by atoms with Gasteiger partial charge >= 0.3 is 11.9 Å². The smallest absolute Gasteiger partial charge is 0.306 e. The number of phenols is 1. The molecule has 0 radical (unpaired) electrons. The van der Waals surface area contributed by atoms with Crippen molar-refractivity contribution in [2.24, 2.45) is 0 Å². The highest BCUT2D eigenvalue weighted by atomic mass is 79.9. The zero-order valence-corrected chi connectivity index (χ0v) is 34.6. The third kappa shape index (κ3) is 12.8. The highest BCUT2D eigenvalue weighted by Gasteiger charge is 2.45. The first-order chi connectivity index (χ1) is 26.8. The fraction of sp³-hybridized carbons (Fsp3) is 0.476. The van der Waals surface area contributed by atoms with Crippen LogP contribution in [-0.2, 0) is 19.1 Å². The summed E-state index contributed by atoms with van der Waals surface area (Å²) in [4.78, 5) is 74.0. The molecule has 2 fully saturated rings. The molecule has 2 aliphatic carbocycles. The predicted molar refractivity (Wildman–Crippen MR) is 209 cm³/mol. The van der Waals surface area contributed by atoms with Gasteiger partial charge in [0.25, 0.3) is 23.6 Å². The molecule has 2 saturated carbocycles. The number of alkyl halides is 1. The van der Waals surface area contributed by atoms with E-state index in [0.717, 1.165) is 25.7 Å². The Morgan fingerprint density at radius 2 is 1.11 bits per heavy atom. The fourth-order valence-corrected chi connectivity index (χ4v) is 6.10. The van der Waals surface area contributed by atoms with E-state index in [1.807, 2.05) is 0 Å². The number of halogens is 3. The van der Waals surface area contributed by atoms with Gasteiger partial charge in [-0.1, -0.05) is 15.9 Å². The van der Waals surface area contributed by atoms with E-state index in [1.165, 1.54) is 34.1 Å². The van der Waals surface area contributed by atoms with E-state index in [1.54, 1.807) is 53.7 Å². The van der Waals surface area contributed by atoms with Crippen LogP contribution in [0.2, 0.25) is 0 Å². The number of benzene rings is 2.